The van der Waals surface area contributed by atoms with E-state index in [9.17, 15) is 0 Å². The van der Waals surface area contributed by atoms with Crippen molar-refractivity contribution in [3.63, 3.8) is 0 Å². The standard InChI is InChI=1S/C13H17BrClNO/c1-13(5-2-6-17-9-13)16-8-10-7-11(14)3-4-12(10)15/h3-4,7,16H,2,5-6,8-9H2,1H3. The summed E-state index contributed by atoms with van der Waals surface area (Å²) in [5.74, 6) is 0. The van der Waals surface area contributed by atoms with Gasteiger partial charge in [-0.15, -0.1) is 0 Å². The maximum absolute atomic E-state index is 6.17. The highest BCUT2D eigenvalue weighted by molar-refractivity contribution is 9.10. The average molecular weight is 319 g/mol. The van der Waals surface area contributed by atoms with Crippen molar-refractivity contribution in [1.82, 2.24) is 5.32 Å². The Bertz CT molecular complexity index is 391. The highest BCUT2D eigenvalue weighted by Gasteiger charge is 2.26. The van der Waals surface area contributed by atoms with Crippen molar-refractivity contribution in [2.45, 2.75) is 31.8 Å². The number of hydrogen-bond acceptors (Lipinski definition) is 2. The van der Waals surface area contributed by atoms with Gasteiger partial charge in [0, 0.05) is 28.2 Å². The second-order valence-electron chi connectivity index (χ2n) is 4.81. The molecule has 4 heteroatoms. The molecule has 1 atom stereocenters. The molecule has 94 valence electrons. The van der Waals surface area contributed by atoms with Crippen LogP contribution >= 0.6 is 27.5 Å². The minimum absolute atomic E-state index is 0.0733. The van der Waals surface area contributed by atoms with Crippen molar-refractivity contribution in [1.29, 1.82) is 0 Å². The van der Waals surface area contributed by atoms with Gasteiger partial charge in [-0.3, -0.25) is 0 Å². The third-order valence-corrected chi connectivity index (χ3v) is 4.01. The average Bonchev–Trinajstić information content (AvgIpc) is 2.31. The Hall–Kier alpha value is -0.0900. The van der Waals surface area contributed by atoms with Gasteiger partial charge < -0.3 is 10.1 Å². The summed E-state index contributed by atoms with van der Waals surface area (Å²) in [6.07, 6.45) is 2.27. The van der Waals surface area contributed by atoms with E-state index in [0.29, 0.717) is 0 Å². The molecule has 2 rings (SSSR count). The topological polar surface area (TPSA) is 21.3 Å². The first kappa shape index (κ1) is 13.3. The quantitative estimate of drug-likeness (QED) is 0.916. The zero-order chi connectivity index (χ0) is 12.3. The number of hydrogen-bond donors (Lipinski definition) is 1. The van der Waals surface area contributed by atoms with Gasteiger partial charge in [-0.1, -0.05) is 27.5 Å². The summed E-state index contributed by atoms with van der Waals surface area (Å²) in [7, 11) is 0. The Morgan fingerprint density at radius 1 is 1.53 bits per heavy atom. The third kappa shape index (κ3) is 3.68. The highest BCUT2D eigenvalue weighted by Crippen LogP contribution is 2.23. The summed E-state index contributed by atoms with van der Waals surface area (Å²) < 4.78 is 6.58. The lowest BCUT2D eigenvalue weighted by Gasteiger charge is -2.34. The van der Waals surface area contributed by atoms with Crippen LogP contribution < -0.4 is 5.32 Å². The van der Waals surface area contributed by atoms with Crippen molar-refractivity contribution in [2.75, 3.05) is 13.2 Å². The van der Waals surface area contributed by atoms with Gasteiger partial charge in [-0.05, 0) is 43.5 Å². The molecular weight excluding hydrogens is 302 g/mol. The molecular formula is C13H17BrClNO. The van der Waals surface area contributed by atoms with E-state index in [0.717, 1.165) is 47.7 Å². The largest absolute Gasteiger partial charge is 0.380 e. The summed E-state index contributed by atoms with van der Waals surface area (Å²) in [4.78, 5) is 0. The molecule has 1 unspecified atom stereocenters. The molecule has 0 bridgehead atoms. The van der Waals surface area contributed by atoms with Crippen molar-refractivity contribution < 1.29 is 4.74 Å². The summed E-state index contributed by atoms with van der Waals surface area (Å²) in [5.41, 5.74) is 1.19. The van der Waals surface area contributed by atoms with Crippen LogP contribution in [0.3, 0.4) is 0 Å². The molecule has 1 N–H and O–H groups in total. The molecule has 0 radical (unpaired) electrons. The first-order valence-corrected chi connectivity index (χ1v) is 7.03. The van der Waals surface area contributed by atoms with E-state index in [2.05, 4.69) is 34.2 Å². The summed E-state index contributed by atoms with van der Waals surface area (Å²) in [5, 5.41) is 4.36. The zero-order valence-electron chi connectivity index (χ0n) is 9.93. The second-order valence-corrected chi connectivity index (χ2v) is 6.13. The van der Waals surface area contributed by atoms with E-state index in [1.165, 1.54) is 0 Å². The van der Waals surface area contributed by atoms with Crippen LogP contribution in [0.4, 0.5) is 0 Å². The van der Waals surface area contributed by atoms with Crippen LogP contribution in [0.1, 0.15) is 25.3 Å². The van der Waals surface area contributed by atoms with Gasteiger partial charge in [0.1, 0.15) is 0 Å². The van der Waals surface area contributed by atoms with Gasteiger partial charge in [-0.2, -0.15) is 0 Å². The number of ether oxygens (including phenoxy) is 1. The van der Waals surface area contributed by atoms with E-state index in [4.69, 9.17) is 16.3 Å². The van der Waals surface area contributed by atoms with Crippen LogP contribution in [0.25, 0.3) is 0 Å². The van der Waals surface area contributed by atoms with Gasteiger partial charge in [0.05, 0.1) is 6.61 Å². The fourth-order valence-corrected chi connectivity index (χ4v) is 2.65. The number of nitrogens with one attached hydrogen (secondary N) is 1. The Morgan fingerprint density at radius 2 is 2.35 bits per heavy atom. The molecule has 1 aliphatic heterocycles. The Morgan fingerprint density at radius 3 is 3.06 bits per heavy atom. The molecule has 0 amide bonds. The Labute approximate surface area is 116 Å². The monoisotopic (exact) mass is 317 g/mol. The highest BCUT2D eigenvalue weighted by atomic mass is 79.9. The van der Waals surface area contributed by atoms with E-state index in [1.54, 1.807) is 0 Å². The van der Waals surface area contributed by atoms with Gasteiger partial charge >= 0.3 is 0 Å². The predicted molar refractivity (Wildman–Crippen MR) is 74.4 cm³/mol. The minimum atomic E-state index is 0.0733. The molecule has 2 nitrogen and oxygen atoms in total. The molecule has 0 aliphatic carbocycles. The maximum atomic E-state index is 6.17. The molecule has 0 aromatic heterocycles. The van der Waals surface area contributed by atoms with E-state index in [1.807, 2.05) is 12.1 Å². The van der Waals surface area contributed by atoms with E-state index >= 15 is 0 Å². The second kappa shape index (κ2) is 5.70. The Balaban J connectivity index is 1.99. The molecule has 1 aromatic rings. The Kier molecular flexibility index (Phi) is 4.47. The van der Waals surface area contributed by atoms with Crippen LogP contribution in [0.2, 0.25) is 5.02 Å². The summed E-state index contributed by atoms with van der Waals surface area (Å²) >= 11 is 9.63. The third-order valence-electron chi connectivity index (χ3n) is 3.15. The molecule has 1 saturated heterocycles. The van der Waals surface area contributed by atoms with Gasteiger partial charge in [0.15, 0.2) is 0 Å². The first-order valence-electron chi connectivity index (χ1n) is 5.86. The van der Waals surface area contributed by atoms with Crippen LogP contribution in [0.5, 0.6) is 0 Å². The summed E-state index contributed by atoms with van der Waals surface area (Å²) in [6.45, 7) is 4.64. The lowest BCUT2D eigenvalue weighted by Crippen LogP contribution is -2.48. The summed E-state index contributed by atoms with van der Waals surface area (Å²) in [6, 6.07) is 5.93. The van der Waals surface area contributed by atoms with E-state index < -0.39 is 0 Å². The molecule has 1 aliphatic rings. The minimum Gasteiger partial charge on any atom is -0.380 e. The molecule has 1 fully saturated rings. The fourth-order valence-electron chi connectivity index (χ4n) is 2.06. The van der Waals surface area contributed by atoms with Crippen LogP contribution in [-0.2, 0) is 11.3 Å². The van der Waals surface area contributed by atoms with Gasteiger partial charge in [0.25, 0.3) is 0 Å². The van der Waals surface area contributed by atoms with Crippen LogP contribution in [-0.4, -0.2) is 18.8 Å². The number of benzene rings is 1. The van der Waals surface area contributed by atoms with Crippen molar-refractivity contribution >= 4 is 27.5 Å². The van der Waals surface area contributed by atoms with Crippen LogP contribution in [0.15, 0.2) is 22.7 Å². The normalized spacial score (nSPS) is 24.9. The van der Waals surface area contributed by atoms with Gasteiger partial charge in [0.2, 0.25) is 0 Å². The SMILES string of the molecule is CC1(NCc2cc(Br)ccc2Cl)CCCOC1. The smallest absolute Gasteiger partial charge is 0.0645 e. The predicted octanol–water partition coefficient (Wildman–Crippen LogP) is 3.76. The van der Waals surface area contributed by atoms with Gasteiger partial charge in [-0.25, -0.2) is 0 Å². The van der Waals surface area contributed by atoms with Crippen molar-refractivity contribution in [3.05, 3.63) is 33.3 Å². The fraction of sp³-hybridized carbons (Fsp3) is 0.538. The lowest BCUT2D eigenvalue weighted by molar-refractivity contribution is 0.0278. The van der Waals surface area contributed by atoms with Crippen LogP contribution in [0, 0.1) is 0 Å². The molecule has 1 aromatic carbocycles. The molecule has 17 heavy (non-hydrogen) atoms. The number of halogens is 2. The number of rotatable bonds is 3. The molecule has 0 saturated carbocycles. The molecule has 0 spiro atoms. The van der Waals surface area contributed by atoms with E-state index in [-0.39, 0.29) is 5.54 Å². The zero-order valence-corrected chi connectivity index (χ0v) is 12.3. The first-order chi connectivity index (χ1) is 8.09. The van der Waals surface area contributed by atoms with Crippen molar-refractivity contribution in [3.8, 4) is 0 Å². The maximum Gasteiger partial charge on any atom is 0.0645 e. The molecule has 1 heterocycles. The van der Waals surface area contributed by atoms with Crippen molar-refractivity contribution in [2.24, 2.45) is 0 Å². The lowest BCUT2D eigenvalue weighted by atomic mass is 9.94.